The van der Waals surface area contributed by atoms with Crippen LogP contribution in [0, 0.1) is 11.8 Å². The zero-order valence-corrected chi connectivity index (χ0v) is 16.8. The maximum atomic E-state index is 12.7. The van der Waals surface area contributed by atoms with Gasteiger partial charge in [-0.2, -0.15) is 13.2 Å². The lowest BCUT2D eigenvalue weighted by Crippen LogP contribution is -2.35. The summed E-state index contributed by atoms with van der Waals surface area (Å²) in [5.41, 5.74) is 0.0815. The maximum Gasteiger partial charge on any atom is 0.416 e. The van der Waals surface area contributed by atoms with Gasteiger partial charge in [0.15, 0.2) is 0 Å². The Bertz CT molecular complexity index is 931. The quantitative estimate of drug-likeness (QED) is 0.591. The van der Waals surface area contributed by atoms with Crippen LogP contribution in [0.4, 0.5) is 18.9 Å². The number of alkyl halides is 3. The van der Waals surface area contributed by atoms with Crippen molar-refractivity contribution in [3.8, 4) is 5.75 Å². The molecule has 3 rings (SSSR count). The predicted octanol–water partition coefficient (Wildman–Crippen LogP) is 3.47. The predicted molar refractivity (Wildman–Crippen MR) is 108 cm³/mol. The van der Waals surface area contributed by atoms with Crippen molar-refractivity contribution in [1.82, 2.24) is 5.32 Å². The number of ether oxygens (including phenoxy) is 1. The van der Waals surface area contributed by atoms with E-state index in [1.165, 1.54) is 12.1 Å². The zero-order chi connectivity index (χ0) is 22.6. The largest absolute Gasteiger partial charge is 0.491 e. The minimum Gasteiger partial charge on any atom is -0.491 e. The molecule has 1 aliphatic rings. The number of rotatable bonds is 8. The Morgan fingerprint density at radius 1 is 1.19 bits per heavy atom. The monoisotopic (exact) mass is 436 g/mol. The van der Waals surface area contributed by atoms with E-state index in [4.69, 9.17) is 4.74 Å². The van der Waals surface area contributed by atoms with E-state index in [1.807, 2.05) is 6.92 Å². The fourth-order valence-corrected chi connectivity index (χ4v) is 2.95. The number of benzene rings is 2. The maximum absolute atomic E-state index is 12.7. The number of nitrogens with one attached hydrogen (secondary N) is 2. The summed E-state index contributed by atoms with van der Waals surface area (Å²) in [7, 11) is 0. The minimum atomic E-state index is -4.49. The Kier molecular flexibility index (Phi) is 6.84. The number of aliphatic hydroxyl groups excluding tert-OH is 1. The lowest BCUT2D eigenvalue weighted by molar-refractivity contribution is -0.137. The van der Waals surface area contributed by atoms with Crippen LogP contribution >= 0.6 is 0 Å². The summed E-state index contributed by atoms with van der Waals surface area (Å²) in [6.07, 6.45) is -4.72. The molecule has 3 N–H and O–H groups in total. The highest BCUT2D eigenvalue weighted by Gasteiger charge is 2.39. The third kappa shape index (κ3) is 6.45. The number of anilines is 1. The molecular weight excluding hydrogens is 413 g/mol. The summed E-state index contributed by atoms with van der Waals surface area (Å²) in [4.78, 5) is 24.1. The second kappa shape index (κ2) is 9.38. The molecule has 1 aliphatic carbocycles. The van der Waals surface area contributed by atoms with Crippen LogP contribution < -0.4 is 15.4 Å². The summed E-state index contributed by atoms with van der Waals surface area (Å²) in [5.74, 6) is -0.0597. The molecule has 1 fully saturated rings. The topological polar surface area (TPSA) is 87.7 Å². The number of amides is 2. The fourth-order valence-electron chi connectivity index (χ4n) is 2.95. The zero-order valence-electron chi connectivity index (χ0n) is 16.8. The highest BCUT2D eigenvalue weighted by molar-refractivity contribution is 5.96. The van der Waals surface area contributed by atoms with Gasteiger partial charge in [0.1, 0.15) is 18.5 Å². The van der Waals surface area contributed by atoms with Crippen LogP contribution in [0.2, 0.25) is 0 Å². The van der Waals surface area contributed by atoms with Crippen LogP contribution in [0.5, 0.6) is 5.75 Å². The molecule has 0 spiro atoms. The van der Waals surface area contributed by atoms with E-state index in [2.05, 4.69) is 10.6 Å². The van der Waals surface area contributed by atoms with Gasteiger partial charge in [-0.1, -0.05) is 13.0 Å². The smallest absolute Gasteiger partial charge is 0.416 e. The summed E-state index contributed by atoms with van der Waals surface area (Å²) in [6, 6.07) is 10.7. The van der Waals surface area contributed by atoms with E-state index in [0.29, 0.717) is 17.2 Å². The number of hydrogen-bond acceptors (Lipinski definition) is 4. The average molecular weight is 436 g/mol. The van der Waals surface area contributed by atoms with Gasteiger partial charge in [-0.05, 0) is 54.8 Å². The van der Waals surface area contributed by atoms with Crippen molar-refractivity contribution >= 4 is 17.5 Å². The Morgan fingerprint density at radius 2 is 1.87 bits per heavy atom. The van der Waals surface area contributed by atoms with Gasteiger partial charge in [0.2, 0.25) is 5.91 Å². The fraction of sp³-hybridized carbons (Fsp3) is 0.364. The third-order valence-corrected chi connectivity index (χ3v) is 4.96. The van der Waals surface area contributed by atoms with Crippen LogP contribution in [-0.2, 0) is 11.0 Å². The molecule has 1 saturated carbocycles. The highest BCUT2D eigenvalue weighted by atomic mass is 19.4. The van der Waals surface area contributed by atoms with Crippen LogP contribution in [0.1, 0.15) is 29.3 Å². The first kappa shape index (κ1) is 22.6. The summed E-state index contributed by atoms with van der Waals surface area (Å²) < 4.78 is 43.3. The molecule has 31 heavy (non-hydrogen) atoms. The van der Waals surface area contributed by atoms with Gasteiger partial charge in [-0.3, -0.25) is 9.59 Å². The van der Waals surface area contributed by atoms with E-state index in [9.17, 15) is 27.9 Å². The molecular formula is C22H23F3N2O4. The van der Waals surface area contributed by atoms with Crippen LogP contribution in [0.15, 0.2) is 48.5 Å². The lowest BCUT2D eigenvalue weighted by Gasteiger charge is -2.14. The normalized spacial score (nSPS) is 18.7. The van der Waals surface area contributed by atoms with Crippen molar-refractivity contribution in [3.05, 3.63) is 59.7 Å². The van der Waals surface area contributed by atoms with Crippen LogP contribution in [-0.4, -0.2) is 36.2 Å². The van der Waals surface area contributed by atoms with E-state index in [-0.39, 0.29) is 30.7 Å². The average Bonchev–Trinajstić information content (AvgIpc) is 3.47. The molecule has 166 valence electrons. The van der Waals surface area contributed by atoms with E-state index in [0.717, 1.165) is 18.6 Å². The summed E-state index contributed by atoms with van der Waals surface area (Å²) >= 11 is 0. The Balaban J connectivity index is 1.43. The van der Waals surface area contributed by atoms with Gasteiger partial charge in [0.05, 0.1) is 5.56 Å². The van der Waals surface area contributed by atoms with Gasteiger partial charge in [-0.25, -0.2) is 0 Å². The van der Waals surface area contributed by atoms with Crippen LogP contribution in [0.3, 0.4) is 0 Å². The first-order valence-corrected chi connectivity index (χ1v) is 9.80. The lowest BCUT2D eigenvalue weighted by atomic mass is 10.2. The van der Waals surface area contributed by atoms with Gasteiger partial charge in [-0.15, -0.1) is 0 Å². The van der Waals surface area contributed by atoms with E-state index >= 15 is 0 Å². The second-order valence-corrected chi connectivity index (χ2v) is 7.59. The number of carbonyl (C=O) groups is 2. The van der Waals surface area contributed by atoms with Crippen molar-refractivity contribution in [1.29, 1.82) is 0 Å². The molecule has 0 heterocycles. The van der Waals surface area contributed by atoms with Crippen molar-refractivity contribution < 1.29 is 32.6 Å². The SMILES string of the molecule is CC1CC1C(=O)Nc1ccc(C(=O)NCC(O)COc2cccc(C(F)(F)F)c2)cc1. The number of carbonyl (C=O) groups excluding carboxylic acids is 2. The second-order valence-electron chi connectivity index (χ2n) is 7.59. The number of hydrogen-bond donors (Lipinski definition) is 3. The minimum absolute atomic E-state index is 0.0292. The van der Waals surface area contributed by atoms with Gasteiger partial charge < -0.3 is 20.5 Å². The molecule has 6 nitrogen and oxygen atoms in total. The Hall–Kier alpha value is -3.07. The van der Waals surface area contributed by atoms with Gasteiger partial charge >= 0.3 is 6.18 Å². The number of halogens is 3. The van der Waals surface area contributed by atoms with Crippen molar-refractivity contribution in [2.75, 3.05) is 18.5 Å². The third-order valence-electron chi connectivity index (χ3n) is 4.96. The molecule has 2 aromatic rings. The summed E-state index contributed by atoms with van der Waals surface area (Å²) in [5, 5.41) is 15.3. The molecule has 2 aromatic carbocycles. The first-order valence-electron chi connectivity index (χ1n) is 9.80. The van der Waals surface area contributed by atoms with Gasteiger partial charge in [0, 0.05) is 23.7 Å². The highest BCUT2D eigenvalue weighted by Crippen LogP contribution is 2.38. The molecule has 0 radical (unpaired) electrons. The van der Waals surface area contributed by atoms with E-state index < -0.39 is 23.8 Å². The standard InChI is InChI=1S/C22H23F3N2O4/c1-13-9-19(13)21(30)27-16-7-5-14(6-8-16)20(29)26-11-17(28)12-31-18-4-2-3-15(10-18)22(23,24)25/h2-8,10,13,17,19,28H,9,11-12H2,1H3,(H,26,29)(H,27,30). The van der Waals surface area contributed by atoms with Gasteiger partial charge in [0.25, 0.3) is 5.91 Å². The first-order chi connectivity index (χ1) is 14.6. The Labute approximate surface area is 177 Å². The van der Waals surface area contributed by atoms with Crippen LogP contribution in [0.25, 0.3) is 0 Å². The molecule has 0 saturated heterocycles. The van der Waals surface area contributed by atoms with Crippen molar-refractivity contribution in [2.45, 2.75) is 25.6 Å². The summed E-state index contributed by atoms with van der Waals surface area (Å²) in [6.45, 7) is 1.58. The molecule has 0 aliphatic heterocycles. The molecule has 2 amide bonds. The Morgan fingerprint density at radius 3 is 2.48 bits per heavy atom. The van der Waals surface area contributed by atoms with Crippen molar-refractivity contribution in [3.63, 3.8) is 0 Å². The molecule has 0 bridgehead atoms. The van der Waals surface area contributed by atoms with Crippen molar-refractivity contribution in [2.24, 2.45) is 11.8 Å². The van der Waals surface area contributed by atoms with E-state index in [1.54, 1.807) is 24.3 Å². The molecule has 9 heteroatoms. The molecule has 0 aromatic heterocycles. The number of aliphatic hydroxyl groups is 1. The molecule has 3 unspecified atom stereocenters. The molecule has 3 atom stereocenters.